The fourth-order valence-corrected chi connectivity index (χ4v) is 6.79. The van der Waals surface area contributed by atoms with Crippen LogP contribution >= 0.6 is 30.8 Å². The molecule has 9 nitrogen and oxygen atoms in total. The van der Waals surface area contributed by atoms with Gasteiger partial charge >= 0.3 is 7.60 Å². The maximum Gasteiger partial charge on any atom is 0.345 e. The third-order valence-electron chi connectivity index (χ3n) is 4.66. The molecule has 1 heterocycles. The van der Waals surface area contributed by atoms with Gasteiger partial charge in [-0.25, -0.2) is 8.42 Å². The smallest absolute Gasteiger partial charge is 0.339 e. The van der Waals surface area contributed by atoms with Crippen molar-refractivity contribution in [3.8, 4) is 11.4 Å². The second-order valence-corrected chi connectivity index (χ2v) is 11.4. The van der Waals surface area contributed by atoms with E-state index in [-0.39, 0.29) is 37.9 Å². The Morgan fingerprint density at radius 3 is 2.33 bits per heavy atom. The minimum Gasteiger partial charge on any atom is -0.339 e. The van der Waals surface area contributed by atoms with Crippen molar-refractivity contribution < 1.29 is 27.3 Å². The summed E-state index contributed by atoms with van der Waals surface area (Å²) in [6, 6.07) is 13.7. The van der Waals surface area contributed by atoms with Crippen molar-refractivity contribution in [1.82, 2.24) is 10.1 Å². The van der Waals surface area contributed by atoms with E-state index in [0.29, 0.717) is 15.1 Å². The third-order valence-corrected chi connectivity index (χ3v) is 7.66. The van der Waals surface area contributed by atoms with Crippen LogP contribution in [0.1, 0.15) is 5.89 Å². The third kappa shape index (κ3) is 4.91. The van der Waals surface area contributed by atoms with Crippen LogP contribution in [0.2, 0.25) is 10.0 Å². The van der Waals surface area contributed by atoms with Gasteiger partial charge in [-0.3, -0.25) is 8.87 Å². The number of aromatic nitrogens is 2. The second kappa shape index (κ2) is 8.72. The zero-order valence-electron chi connectivity index (χ0n) is 16.9. The number of fused-ring (bicyclic) bond motifs is 1. The van der Waals surface area contributed by atoms with E-state index in [1.54, 1.807) is 43.3 Å². The Labute approximate surface area is 198 Å². The van der Waals surface area contributed by atoms with Gasteiger partial charge in [0.05, 0.1) is 10.6 Å². The van der Waals surface area contributed by atoms with E-state index >= 15 is 0 Å². The number of anilines is 1. The number of sulfonamides is 1. The maximum absolute atomic E-state index is 13.7. The monoisotopic (exact) mass is 527 g/mol. The number of rotatable bonds is 6. The summed E-state index contributed by atoms with van der Waals surface area (Å²) in [6.07, 6.45) is -1.14. The molecule has 0 radical (unpaired) electrons. The molecule has 0 saturated heterocycles. The van der Waals surface area contributed by atoms with Crippen LogP contribution in [0, 0.1) is 6.92 Å². The Morgan fingerprint density at radius 2 is 1.73 bits per heavy atom. The highest BCUT2D eigenvalue weighted by Gasteiger charge is 2.35. The molecule has 0 aliphatic heterocycles. The van der Waals surface area contributed by atoms with E-state index in [1.165, 1.54) is 6.07 Å². The van der Waals surface area contributed by atoms with Crippen molar-refractivity contribution in [2.75, 3.05) is 10.6 Å². The highest BCUT2D eigenvalue weighted by molar-refractivity contribution is 7.93. The molecule has 4 rings (SSSR count). The number of hydrogen-bond acceptors (Lipinski definition) is 6. The Balaban J connectivity index is 2.08. The molecule has 0 bridgehead atoms. The van der Waals surface area contributed by atoms with E-state index in [4.69, 9.17) is 27.7 Å². The summed E-state index contributed by atoms with van der Waals surface area (Å²) in [5.74, 6) is 0.290. The van der Waals surface area contributed by atoms with Crippen LogP contribution in [0.25, 0.3) is 22.2 Å². The topological polar surface area (TPSA) is 134 Å². The highest BCUT2D eigenvalue weighted by atomic mass is 35.5. The van der Waals surface area contributed by atoms with Gasteiger partial charge in [0.2, 0.25) is 11.7 Å². The lowest BCUT2D eigenvalue weighted by Crippen LogP contribution is -2.32. The lowest BCUT2D eigenvalue weighted by atomic mass is 10.0. The average molecular weight is 528 g/mol. The van der Waals surface area contributed by atoms with Gasteiger partial charge in [0, 0.05) is 27.9 Å². The fraction of sp³-hybridized carbons (Fsp3) is 0.100. The van der Waals surface area contributed by atoms with Crippen molar-refractivity contribution in [2.45, 2.75) is 11.8 Å². The molecule has 2 N–H and O–H groups in total. The van der Waals surface area contributed by atoms with Gasteiger partial charge in [-0.2, -0.15) is 4.98 Å². The molecule has 4 aromatic rings. The van der Waals surface area contributed by atoms with Gasteiger partial charge in [0.15, 0.2) is 0 Å². The molecule has 0 amide bonds. The number of aryl methyl sites for hydroxylation is 1. The minimum absolute atomic E-state index is 0.0201. The van der Waals surface area contributed by atoms with Crippen LogP contribution in [-0.2, 0) is 14.6 Å². The lowest BCUT2D eigenvalue weighted by molar-refractivity contribution is 0.373. The van der Waals surface area contributed by atoms with Crippen LogP contribution in [0.4, 0.5) is 5.69 Å². The zero-order valence-corrected chi connectivity index (χ0v) is 20.1. The highest BCUT2D eigenvalue weighted by Crippen LogP contribution is 2.45. The van der Waals surface area contributed by atoms with Crippen molar-refractivity contribution >= 4 is 57.3 Å². The predicted octanol–water partition coefficient (Wildman–Crippen LogP) is 4.84. The van der Waals surface area contributed by atoms with E-state index in [9.17, 15) is 22.8 Å². The number of hydrogen-bond donors (Lipinski definition) is 2. The molecule has 0 unspecified atom stereocenters. The van der Waals surface area contributed by atoms with Gasteiger partial charge in [0.1, 0.15) is 6.29 Å². The summed E-state index contributed by atoms with van der Waals surface area (Å²) < 4.78 is 45.3. The predicted molar refractivity (Wildman–Crippen MR) is 125 cm³/mol. The van der Waals surface area contributed by atoms with Crippen LogP contribution in [0.15, 0.2) is 64.0 Å². The van der Waals surface area contributed by atoms with E-state index < -0.39 is 23.9 Å². The number of nitrogens with zero attached hydrogens (tertiary/aromatic N) is 3. The molecule has 0 fully saturated rings. The summed E-state index contributed by atoms with van der Waals surface area (Å²) >= 11 is 12.0. The minimum atomic E-state index is -4.90. The van der Waals surface area contributed by atoms with Gasteiger partial charge < -0.3 is 14.3 Å². The first-order valence-electron chi connectivity index (χ1n) is 9.31. The van der Waals surface area contributed by atoms with Crippen LogP contribution in [0.5, 0.6) is 0 Å². The molecule has 0 aliphatic carbocycles. The molecule has 0 spiro atoms. The van der Waals surface area contributed by atoms with Crippen molar-refractivity contribution in [2.24, 2.45) is 0 Å². The van der Waals surface area contributed by atoms with E-state index in [1.807, 2.05) is 0 Å². The Morgan fingerprint density at radius 1 is 1.06 bits per heavy atom. The molecule has 0 saturated carbocycles. The number of halogens is 2. The van der Waals surface area contributed by atoms with Crippen LogP contribution in [-0.4, -0.2) is 34.6 Å². The summed E-state index contributed by atoms with van der Waals surface area (Å²) in [5, 5.41) is 5.00. The fourth-order valence-electron chi connectivity index (χ4n) is 3.35. The van der Waals surface area contributed by atoms with E-state index in [2.05, 4.69) is 10.1 Å². The van der Waals surface area contributed by atoms with Crippen molar-refractivity contribution in [1.29, 1.82) is 0 Å². The molecular weight excluding hydrogens is 512 g/mol. The summed E-state index contributed by atoms with van der Waals surface area (Å²) in [6.45, 7) is 1.56. The van der Waals surface area contributed by atoms with Gasteiger partial charge in [-0.15, -0.1) is 0 Å². The zero-order chi connectivity index (χ0) is 24.0. The molecular formula is C20H16Cl2N3O6PS. The van der Waals surface area contributed by atoms with Gasteiger partial charge in [-0.05, 0) is 29.7 Å². The Hall–Kier alpha value is -2.46. The second-order valence-electron chi connectivity index (χ2n) is 7.08. The summed E-state index contributed by atoms with van der Waals surface area (Å²) in [4.78, 5) is 23.5. The van der Waals surface area contributed by atoms with Crippen molar-refractivity contribution in [3.05, 3.63) is 70.5 Å². The maximum atomic E-state index is 13.7. The molecule has 13 heteroatoms. The largest absolute Gasteiger partial charge is 0.345 e. The lowest BCUT2D eigenvalue weighted by Gasteiger charge is -2.27. The summed E-state index contributed by atoms with van der Waals surface area (Å²) in [7, 11) is -9.46. The normalized spacial score (nSPS) is 12.3. The van der Waals surface area contributed by atoms with E-state index in [0.717, 1.165) is 12.1 Å². The molecule has 172 valence electrons. The van der Waals surface area contributed by atoms with Gasteiger partial charge in [0.25, 0.3) is 10.0 Å². The molecule has 3 aromatic carbocycles. The molecule has 0 aliphatic rings. The first-order valence-corrected chi connectivity index (χ1v) is 13.3. The Kier molecular flexibility index (Phi) is 6.26. The molecule has 33 heavy (non-hydrogen) atoms. The first kappa shape index (κ1) is 23.7. The van der Waals surface area contributed by atoms with Crippen LogP contribution < -0.4 is 4.31 Å². The summed E-state index contributed by atoms with van der Waals surface area (Å²) in [5.41, 5.74) is 0.184. The average Bonchev–Trinajstić information content (AvgIpc) is 3.16. The SMILES string of the molecule is Cc1nc(-c2ccc3ccccc3c2N(CP(=O)(O)O)S(=O)(=O)c2cc(Cl)cc(Cl)c2)no1. The standard InChI is InChI=1S/C20H16Cl2N3O6PS/c1-12-23-20(24-31-12)18-7-6-13-4-2-3-5-17(13)19(18)25(11-32(26,27)28)33(29,30)16-9-14(21)8-15(22)10-16/h2-10H,11H2,1H3,(H2,26,27,28). The van der Waals surface area contributed by atoms with Gasteiger partial charge in [-0.1, -0.05) is 58.7 Å². The Bertz CT molecular complexity index is 1500. The van der Waals surface area contributed by atoms with Crippen LogP contribution in [0.3, 0.4) is 0 Å². The van der Waals surface area contributed by atoms with Crippen molar-refractivity contribution in [3.63, 3.8) is 0 Å². The quantitative estimate of drug-likeness (QED) is 0.340. The molecule has 0 atom stereocenters. The number of benzene rings is 3. The molecule has 1 aromatic heterocycles. The first-order chi connectivity index (χ1) is 15.5.